The molecule has 0 aliphatic carbocycles. The Hall–Kier alpha value is -1.24. The van der Waals surface area contributed by atoms with E-state index in [1.165, 1.54) is 0 Å². The predicted octanol–water partition coefficient (Wildman–Crippen LogP) is 3.97. The molecule has 0 saturated carbocycles. The first kappa shape index (κ1) is 11.8. The van der Waals surface area contributed by atoms with E-state index < -0.39 is 0 Å². The van der Waals surface area contributed by atoms with Gasteiger partial charge in [0.1, 0.15) is 10.8 Å². The fraction of sp³-hybridized carbons (Fsp3) is 0.182. The molecule has 3 aromatic rings. The van der Waals surface area contributed by atoms with E-state index in [9.17, 15) is 0 Å². The van der Waals surface area contributed by atoms with Crippen LogP contribution in [0.15, 0.2) is 23.0 Å². The van der Waals surface area contributed by atoms with Crippen LogP contribution >= 0.6 is 34.3 Å². The molecular weight excluding hydrogens is 288 g/mol. The summed E-state index contributed by atoms with van der Waals surface area (Å²) < 4.78 is 1.02. The fourth-order valence-electron chi connectivity index (χ4n) is 1.65. The van der Waals surface area contributed by atoms with E-state index in [0.717, 1.165) is 21.0 Å². The number of anilines is 1. The number of aromatic nitrogens is 3. The molecule has 0 fully saturated rings. The van der Waals surface area contributed by atoms with E-state index >= 15 is 0 Å². The number of nitrogens with zero attached hydrogens (tertiary/aromatic N) is 3. The van der Waals surface area contributed by atoms with Gasteiger partial charge < -0.3 is 5.32 Å². The molecule has 0 saturated heterocycles. The van der Waals surface area contributed by atoms with Gasteiger partial charge in [0.05, 0.1) is 16.3 Å². The Morgan fingerprint density at radius 2 is 2.17 bits per heavy atom. The standard InChI is InChI=1S/C11H9ClN4S2/c1-6(10-13-3-5-18-10)14-9-8-7(2-4-17-8)15-11(12)16-9/h2-6H,1H3,(H,14,15,16). The molecule has 0 bridgehead atoms. The summed E-state index contributed by atoms with van der Waals surface area (Å²) >= 11 is 9.13. The van der Waals surface area contributed by atoms with Gasteiger partial charge >= 0.3 is 0 Å². The Morgan fingerprint density at radius 3 is 2.94 bits per heavy atom. The second kappa shape index (κ2) is 4.79. The molecule has 3 rings (SSSR count). The lowest BCUT2D eigenvalue weighted by molar-refractivity contribution is 0.862. The second-order valence-corrected chi connectivity index (χ2v) is 5.89. The first-order chi connectivity index (χ1) is 8.74. The van der Waals surface area contributed by atoms with Crippen molar-refractivity contribution in [2.24, 2.45) is 0 Å². The van der Waals surface area contributed by atoms with Crippen molar-refractivity contribution in [3.8, 4) is 0 Å². The molecule has 0 radical (unpaired) electrons. The normalized spacial score (nSPS) is 12.8. The van der Waals surface area contributed by atoms with Crippen LogP contribution in [0.2, 0.25) is 5.28 Å². The Bertz CT molecular complexity index is 665. The van der Waals surface area contributed by atoms with Crippen molar-refractivity contribution >= 4 is 50.3 Å². The van der Waals surface area contributed by atoms with Crippen LogP contribution in [0.3, 0.4) is 0 Å². The van der Waals surface area contributed by atoms with Gasteiger partial charge in [0.25, 0.3) is 0 Å². The molecular formula is C11H9ClN4S2. The lowest BCUT2D eigenvalue weighted by Crippen LogP contribution is -2.08. The highest BCUT2D eigenvalue weighted by molar-refractivity contribution is 7.17. The Balaban J connectivity index is 1.97. The molecule has 3 aromatic heterocycles. The third-order valence-corrected chi connectivity index (χ3v) is 4.49. The Kier molecular flexibility index (Phi) is 3.15. The number of nitrogens with one attached hydrogen (secondary N) is 1. The summed E-state index contributed by atoms with van der Waals surface area (Å²) in [7, 11) is 0. The number of fused-ring (bicyclic) bond motifs is 1. The van der Waals surface area contributed by atoms with Gasteiger partial charge in [-0.25, -0.2) is 9.97 Å². The summed E-state index contributed by atoms with van der Waals surface area (Å²) in [6.45, 7) is 2.05. The van der Waals surface area contributed by atoms with Gasteiger partial charge in [-0.1, -0.05) is 0 Å². The van der Waals surface area contributed by atoms with Crippen LogP contribution in [0, 0.1) is 0 Å². The van der Waals surface area contributed by atoms with Gasteiger partial charge in [-0.15, -0.1) is 22.7 Å². The zero-order valence-electron chi connectivity index (χ0n) is 9.42. The second-order valence-electron chi connectivity index (χ2n) is 3.71. The van der Waals surface area contributed by atoms with Crippen LogP contribution in [-0.2, 0) is 0 Å². The number of hydrogen-bond acceptors (Lipinski definition) is 6. The lowest BCUT2D eigenvalue weighted by Gasteiger charge is -2.12. The molecule has 1 unspecified atom stereocenters. The van der Waals surface area contributed by atoms with Crippen molar-refractivity contribution in [3.63, 3.8) is 0 Å². The zero-order chi connectivity index (χ0) is 12.5. The highest BCUT2D eigenvalue weighted by Crippen LogP contribution is 2.30. The van der Waals surface area contributed by atoms with E-state index in [0.29, 0.717) is 0 Å². The van der Waals surface area contributed by atoms with Crippen molar-refractivity contribution in [1.29, 1.82) is 0 Å². The summed E-state index contributed by atoms with van der Waals surface area (Å²) in [5, 5.41) is 8.56. The highest BCUT2D eigenvalue weighted by atomic mass is 35.5. The first-order valence-electron chi connectivity index (χ1n) is 5.30. The van der Waals surface area contributed by atoms with Gasteiger partial charge in [-0.3, -0.25) is 0 Å². The average molecular weight is 297 g/mol. The minimum atomic E-state index is 0.0984. The zero-order valence-corrected chi connectivity index (χ0v) is 11.8. The minimum absolute atomic E-state index is 0.0984. The molecule has 1 atom stereocenters. The van der Waals surface area contributed by atoms with Gasteiger partial charge in [0.15, 0.2) is 0 Å². The Labute approximate surface area is 117 Å². The maximum atomic E-state index is 5.92. The van der Waals surface area contributed by atoms with Crippen LogP contribution in [0.1, 0.15) is 18.0 Å². The van der Waals surface area contributed by atoms with Crippen molar-refractivity contribution in [2.75, 3.05) is 5.32 Å². The summed E-state index contributed by atoms with van der Waals surface area (Å²) in [4.78, 5) is 12.7. The fourth-order valence-corrected chi connectivity index (χ4v) is 3.25. The number of hydrogen-bond donors (Lipinski definition) is 1. The number of thiazole rings is 1. The van der Waals surface area contributed by atoms with E-state index in [1.54, 1.807) is 28.9 Å². The van der Waals surface area contributed by atoms with Crippen molar-refractivity contribution in [2.45, 2.75) is 13.0 Å². The molecule has 0 aromatic carbocycles. The molecule has 3 heterocycles. The third kappa shape index (κ3) is 2.19. The third-order valence-electron chi connectivity index (χ3n) is 2.45. The largest absolute Gasteiger partial charge is 0.360 e. The topological polar surface area (TPSA) is 50.7 Å². The minimum Gasteiger partial charge on any atom is -0.360 e. The highest BCUT2D eigenvalue weighted by Gasteiger charge is 2.13. The van der Waals surface area contributed by atoms with Crippen LogP contribution < -0.4 is 5.32 Å². The summed E-state index contributed by atoms with van der Waals surface area (Å²) in [6, 6.07) is 2.04. The molecule has 7 heteroatoms. The molecule has 18 heavy (non-hydrogen) atoms. The van der Waals surface area contributed by atoms with Crippen molar-refractivity contribution < 1.29 is 0 Å². The maximum Gasteiger partial charge on any atom is 0.224 e. The first-order valence-corrected chi connectivity index (χ1v) is 7.44. The molecule has 4 nitrogen and oxygen atoms in total. The summed E-state index contributed by atoms with van der Waals surface area (Å²) in [6.07, 6.45) is 1.80. The van der Waals surface area contributed by atoms with Crippen molar-refractivity contribution in [1.82, 2.24) is 15.0 Å². The summed E-state index contributed by atoms with van der Waals surface area (Å²) in [5.41, 5.74) is 0.869. The van der Waals surface area contributed by atoms with Gasteiger partial charge in [-0.2, -0.15) is 4.98 Å². The molecule has 92 valence electrons. The monoisotopic (exact) mass is 296 g/mol. The Morgan fingerprint density at radius 1 is 1.28 bits per heavy atom. The van der Waals surface area contributed by atoms with Crippen molar-refractivity contribution in [3.05, 3.63) is 33.3 Å². The lowest BCUT2D eigenvalue weighted by atomic mass is 10.3. The van der Waals surface area contributed by atoms with Gasteiger partial charge in [0, 0.05) is 11.6 Å². The quantitative estimate of drug-likeness (QED) is 0.743. The van der Waals surface area contributed by atoms with Gasteiger partial charge in [-0.05, 0) is 30.0 Å². The van der Waals surface area contributed by atoms with Crippen LogP contribution in [0.4, 0.5) is 5.82 Å². The number of halogens is 1. The summed E-state index contributed by atoms with van der Waals surface area (Å²) in [5.74, 6) is 0.766. The molecule has 0 aliphatic rings. The number of thiophene rings is 1. The number of rotatable bonds is 3. The molecule has 0 spiro atoms. The predicted molar refractivity (Wildman–Crippen MR) is 76.6 cm³/mol. The SMILES string of the molecule is CC(Nc1nc(Cl)nc2ccsc12)c1nccs1. The molecule has 0 aliphatic heterocycles. The molecule has 0 amide bonds. The average Bonchev–Trinajstić information content (AvgIpc) is 2.98. The maximum absolute atomic E-state index is 5.92. The van der Waals surface area contributed by atoms with Crippen LogP contribution in [0.5, 0.6) is 0 Å². The molecule has 1 N–H and O–H groups in total. The van der Waals surface area contributed by atoms with Gasteiger partial charge in [0.2, 0.25) is 5.28 Å². The van der Waals surface area contributed by atoms with Crippen LogP contribution in [0.25, 0.3) is 10.2 Å². The van der Waals surface area contributed by atoms with Crippen LogP contribution in [-0.4, -0.2) is 15.0 Å². The van der Waals surface area contributed by atoms with E-state index in [2.05, 4.69) is 20.3 Å². The van der Waals surface area contributed by atoms with E-state index in [-0.39, 0.29) is 11.3 Å². The van der Waals surface area contributed by atoms with E-state index in [4.69, 9.17) is 11.6 Å². The van der Waals surface area contributed by atoms with E-state index in [1.807, 2.05) is 23.8 Å². The smallest absolute Gasteiger partial charge is 0.224 e.